The first kappa shape index (κ1) is 23.5. The molecule has 1 atom stereocenters. The molecule has 2 aromatic carbocycles. The summed E-state index contributed by atoms with van der Waals surface area (Å²) in [4.78, 5) is 10.4. The molecule has 0 saturated carbocycles. The number of nitrogens with one attached hydrogen (secondary N) is 1. The van der Waals surface area contributed by atoms with E-state index in [4.69, 9.17) is 33.7 Å². The third-order valence-corrected chi connectivity index (χ3v) is 7.11. The number of benzene rings is 2. The maximum Gasteiger partial charge on any atom is 0.210 e. The van der Waals surface area contributed by atoms with Gasteiger partial charge in [0.25, 0.3) is 0 Å². The number of fused-ring (bicyclic) bond motifs is 1. The minimum atomic E-state index is -0.880. The van der Waals surface area contributed by atoms with Crippen molar-refractivity contribution < 1.29 is 13.5 Å². The van der Waals surface area contributed by atoms with Crippen molar-refractivity contribution in [3.8, 4) is 16.9 Å². The molecule has 2 aromatic heterocycles. The number of nitrogens with zero attached hydrogens (tertiary/aromatic N) is 5. The Hall–Kier alpha value is -3.89. The number of nitrogens with two attached hydrogens (primary N) is 1. The van der Waals surface area contributed by atoms with E-state index in [1.54, 1.807) is 36.5 Å². The molecule has 3 N–H and O–H groups in total. The van der Waals surface area contributed by atoms with Crippen molar-refractivity contribution in [3.05, 3.63) is 80.9 Å². The Kier molecular flexibility index (Phi) is 5.46. The van der Waals surface area contributed by atoms with E-state index in [-0.39, 0.29) is 50.4 Å². The van der Waals surface area contributed by atoms with Crippen molar-refractivity contribution >= 4 is 45.7 Å². The zero-order valence-electron chi connectivity index (χ0n) is 19.6. The van der Waals surface area contributed by atoms with Gasteiger partial charge >= 0.3 is 0 Å². The van der Waals surface area contributed by atoms with E-state index >= 15 is 8.78 Å². The molecule has 12 heteroatoms. The lowest BCUT2D eigenvalue weighted by Gasteiger charge is -2.31. The quantitative estimate of drug-likeness (QED) is 0.408. The molecule has 4 heterocycles. The van der Waals surface area contributed by atoms with Crippen molar-refractivity contribution in [1.82, 2.24) is 25.0 Å². The van der Waals surface area contributed by atoms with Crippen molar-refractivity contribution in [2.24, 2.45) is 12.0 Å². The van der Waals surface area contributed by atoms with Gasteiger partial charge in [-0.25, -0.2) is 13.8 Å². The number of anilines is 1. The molecule has 0 amide bonds. The standard InChI is InChI=1S/C25H19Cl2F2N7O/c1-11(13-4-3-7-31-24(13)30)36-9-15(26)37-23-18-21(32-10-33-25(18)36)19(27)17(20(23)29)16-14(28)6-5-12-8-34-35(2)22(12)16/h3-9,11,33H,10H2,1-2H3,(H2,30,31). The summed E-state index contributed by atoms with van der Waals surface area (Å²) in [5.41, 5.74) is 7.00. The van der Waals surface area contributed by atoms with Gasteiger partial charge < -0.3 is 20.7 Å². The van der Waals surface area contributed by atoms with E-state index in [1.165, 1.54) is 16.9 Å². The molecule has 1 unspecified atom stereocenters. The molecule has 8 nitrogen and oxygen atoms in total. The number of hydrogen-bond donors (Lipinski definition) is 2. The molecule has 2 aliphatic heterocycles. The van der Waals surface area contributed by atoms with Gasteiger partial charge in [0.2, 0.25) is 5.22 Å². The highest BCUT2D eigenvalue weighted by Gasteiger charge is 2.32. The molecular formula is C25H19Cl2F2N7O. The minimum absolute atomic E-state index is 0.0457. The van der Waals surface area contributed by atoms with Crippen LogP contribution in [-0.2, 0) is 7.05 Å². The van der Waals surface area contributed by atoms with Crippen LogP contribution in [0, 0.1) is 11.6 Å². The van der Waals surface area contributed by atoms with E-state index in [2.05, 4.69) is 20.4 Å². The molecule has 0 bridgehead atoms. The van der Waals surface area contributed by atoms with Crippen LogP contribution in [0.1, 0.15) is 18.5 Å². The minimum Gasteiger partial charge on any atom is -0.440 e. The molecule has 6 rings (SSSR count). The highest BCUT2D eigenvalue weighted by molar-refractivity contribution is 6.33. The van der Waals surface area contributed by atoms with Gasteiger partial charge in [-0.2, -0.15) is 5.10 Å². The highest BCUT2D eigenvalue weighted by Crippen LogP contribution is 2.40. The van der Waals surface area contributed by atoms with Crippen LogP contribution in [0.4, 0.5) is 14.6 Å². The molecule has 0 saturated heterocycles. The number of aromatic nitrogens is 3. The Labute approximate surface area is 219 Å². The van der Waals surface area contributed by atoms with Crippen molar-refractivity contribution in [2.45, 2.75) is 13.0 Å². The van der Waals surface area contributed by atoms with Gasteiger partial charge in [0.05, 0.1) is 39.6 Å². The van der Waals surface area contributed by atoms with Gasteiger partial charge in [-0.1, -0.05) is 17.7 Å². The predicted molar refractivity (Wildman–Crippen MR) is 137 cm³/mol. The fraction of sp³-hybridized carbons (Fsp3) is 0.160. The Morgan fingerprint density at radius 1 is 1.19 bits per heavy atom. The summed E-state index contributed by atoms with van der Waals surface area (Å²) in [6.45, 7) is 2.02. The van der Waals surface area contributed by atoms with Crippen molar-refractivity contribution in [1.29, 1.82) is 0 Å². The van der Waals surface area contributed by atoms with E-state index in [9.17, 15) is 0 Å². The summed E-state index contributed by atoms with van der Waals surface area (Å²) in [5.74, 6) is -0.980. The molecule has 0 fully saturated rings. The summed E-state index contributed by atoms with van der Waals surface area (Å²) in [7, 11) is 1.64. The Morgan fingerprint density at radius 2 is 2.00 bits per heavy atom. The SMILES string of the molecule is CC(c1cccnc1N)N1C=C(Cl)Oc2c(F)c(-c3c(F)ccc4cnn(C)c34)c(Cl)c3c2=C1NCN=3. The Morgan fingerprint density at radius 3 is 2.78 bits per heavy atom. The van der Waals surface area contributed by atoms with Gasteiger partial charge in [-0.3, -0.25) is 9.67 Å². The normalized spacial score (nSPS) is 15.4. The second kappa shape index (κ2) is 8.60. The second-order valence-electron chi connectivity index (χ2n) is 8.62. The van der Waals surface area contributed by atoms with E-state index in [1.807, 2.05) is 13.0 Å². The Bertz CT molecular complexity index is 1770. The lowest BCUT2D eigenvalue weighted by atomic mass is 9.99. The topological polar surface area (TPSA) is 93.6 Å². The lowest BCUT2D eigenvalue weighted by molar-refractivity contribution is 0.381. The third kappa shape index (κ3) is 3.51. The zero-order valence-corrected chi connectivity index (χ0v) is 21.1. The summed E-state index contributed by atoms with van der Waals surface area (Å²) in [6.07, 6.45) is 4.68. The molecule has 2 aliphatic rings. The maximum atomic E-state index is 16.4. The summed E-state index contributed by atoms with van der Waals surface area (Å²) < 4.78 is 39.0. The Balaban J connectivity index is 1.69. The summed E-state index contributed by atoms with van der Waals surface area (Å²) in [5, 5.41) is 8.32. The van der Waals surface area contributed by atoms with Gasteiger partial charge in [0.1, 0.15) is 24.1 Å². The first-order valence-corrected chi connectivity index (χ1v) is 12.0. The molecule has 0 spiro atoms. The first-order chi connectivity index (χ1) is 17.8. The fourth-order valence-electron chi connectivity index (χ4n) is 4.86. The molecular weight excluding hydrogens is 523 g/mol. The fourth-order valence-corrected chi connectivity index (χ4v) is 5.37. The smallest absolute Gasteiger partial charge is 0.210 e. The van der Waals surface area contributed by atoms with Crippen molar-refractivity contribution in [3.63, 3.8) is 0 Å². The van der Waals surface area contributed by atoms with Crippen LogP contribution in [0.5, 0.6) is 5.75 Å². The van der Waals surface area contributed by atoms with Gasteiger partial charge in [-0.15, -0.1) is 0 Å². The van der Waals surface area contributed by atoms with Crippen LogP contribution in [0.15, 0.2) is 53.1 Å². The predicted octanol–water partition coefficient (Wildman–Crippen LogP) is 3.89. The van der Waals surface area contributed by atoms with Crippen LogP contribution in [0.3, 0.4) is 0 Å². The van der Waals surface area contributed by atoms with Gasteiger partial charge in [0, 0.05) is 35.3 Å². The van der Waals surface area contributed by atoms with E-state index in [0.29, 0.717) is 22.5 Å². The second-order valence-corrected chi connectivity index (χ2v) is 9.37. The average molecular weight is 542 g/mol. The number of ether oxygens (including phenoxy) is 1. The summed E-state index contributed by atoms with van der Waals surface area (Å²) in [6, 6.07) is 6.04. The van der Waals surface area contributed by atoms with Gasteiger partial charge in [-0.05, 0) is 36.7 Å². The van der Waals surface area contributed by atoms with E-state index in [0.717, 1.165) is 5.56 Å². The molecule has 37 heavy (non-hydrogen) atoms. The van der Waals surface area contributed by atoms with Crippen molar-refractivity contribution in [2.75, 3.05) is 12.4 Å². The largest absolute Gasteiger partial charge is 0.440 e. The zero-order chi connectivity index (χ0) is 26.0. The van der Waals surface area contributed by atoms with Crippen LogP contribution in [0.2, 0.25) is 5.02 Å². The van der Waals surface area contributed by atoms with Crippen LogP contribution < -0.4 is 26.4 Å². The lowest BCUT2D eigenvalue weighted by Crippen LogP contribution is -2.45. The van der Waals surface area contributed by atoms with E-state index < -0.39 is 11.6 Å². The summed E-state index contributed by atoms with van der Waals surface area (Å²) >= 11 is 13.3. The number of rotatable bonds is 3. The average Bonchev–Trinajstić information content (AvgIpc) is 3.18. The van der Waals surface area contributed by atoms with Crippen LogP contribution >= 0.6 is 23.2 Å². The van der Waals surface area contributed by atoms with Crippen LogP contribution in [-0.4, -0.2) is 26.3 Å². The molecule has 0 aliphatic carbocycles. The molecule has 4 aromatic rings. The number of aryl methyl sites for hydroxylation is 1. The molecule has 188 valence electrons. The van der Waals surface area contributed by atoms with Crippen LogP contribution in [0.25, 0.3) is 27.9 Å². The first-order valence-electron chi connectivity index (χ1n) is 11.3. The maximum absolute atomic E-state index is 16.4. The number of nitrogen functional groups attached to an aromatic ring is 1. The number of halogens is 4. The number of hydrogen-bond acceptors (Lipinski definition) is 7. The van der Waals surface area contributed by atoms with Gasteiger partial charge in [0.15, 0.2) is 11.6 Å². The highest BCUT2D eigenvalue weighted by atomic mass is 35.5. The third-order valence-electron chi connectivity index (χ3n) is 6.57. The number of pyridine rings is 1. The molecule has 0 radical (unpaired) electrons. The monoisotopic (exact) mass is 541 g/mol.